The summed E-state index contributed by atoms with van der Waals surface area (Å²) in [6, 6.07) is 0. The third-order valence-corrected chi connectivity index (χ3v) is 17.9. The van der Waals surface area contributed by atoms with Crippen molar-refractivity contribution < 1.29 is 89.0 Å². The van der Waals surface area contributed by atoms with Crippen LogP contribution in [0, 0.1) is 40.4 Å². The van der Waals surface area contributed by atoms with Gasteiger partial charge in [0.15, 0.2) is 24.7 Å². The normalized spacial score (nSPS) is 59.3. The van der Waals surface area contributed by atoms with Crippen LogP contribution in [0.3, 0.4) is 0 Å². The van der Waals surface area contributed by atoms with E-state index in [0.717, 1.165) is 25.7 Å². The number of aliphatic hydroxyl groups is 10. The Morgan fingerprint density at radius 3 is 1.95 bits per heavy atom. The Hall–Kier alpha value is -0.980. The van der Waals surface area contributed by atoms with Crippen molar-refractivity contribution >= 4 is 0 Å². The second-order valence-corrected chi connectivity index (χ2v) is 21.3. The van der Waals surface area contributed by atoms with Crippen molar-refractivity contribution in [1.82, 2.24) is 0 Å². The average Bonchev–Trinajstić information content (AvgIpc) is 3.62. The van der Waals surface area contributed by atoms with E-state index in [1.165, 1.54) is 19.4 Å². The van der Waals surface area contributed by atoms with E-state index in [9.17, 15) is 51.1 Å². The van der Waals surface area contributed by atoms with Gasteiger partial charge in [0.1, 0.15) is 72.7 Å². The molecule has 0 aromatic heterocycles. The molecule has 18 nitrogen and oxygen atoms in total. The molecule has 360 valence electrons. The minimum Gasteiger partial charge on any atom is -0.394 e. The van der Waals surface area contributed by atoms with E-state index < -0.39 is 140 Å². The second kappa shape index (κ2) is 16.9. The van der Waals surface area contributed by atoms with Crippen LogP contribution in [0.2, 0.25) is 0 Å². The first-order chi connectivity index (χ1) is 29.7. The second-order valence-electron chi connectivity index (χ2n) is 21.3. The molecule has 63 heavy (non-hydrogen) atoms. The molecule has 10 N–H and O–H groups in total. The molecule has 0 amide bonds. The van der Waals surface area contributed by atoms with E-state index in [2.05, 4.69) is 26.8 Å². The van der Waals surface area contributed by atoms with Gasteiger partial charge in [0.2, 0.25) is 0 Å². The Kier molecular flexibility index (Phi) is 12.6. The topological polar surface area (TPSA) is 276 Å². The lowest BCUT2D eigenvalue weighted by atomic mass is 9.46. The van der Waals surface area contributed by atoms with Crippen molar-refractivity contribution in [2.24, 2.45) is 40.4 Å². The summed E-state index contributed by atoms with van der Waals surface area (Å²) in [6.45, 7) is 11.4. The molecule has 0 bridgehead atoms. The fourth-order valence-corrected chi connectivity index (χ4v) is 14.0. The zero-order chi connectivity index (χ0) is 45.3. The minimum atomic E-state index is -1.76. The Balaban J connectivity index is 0.947. The monoisotopic (exact) mass is 900 g/mol. The van der Waals surface area contributed by atoms with E-state index in [1.54, 1.807) is 0 Å². The van der Waals surface area contributed by atoms with Gasteiger partial charge in [-0.05, 0) is 94.3 Å². The molecule has 1 spiro atoms. The summed E-state index contributed by atoms with van der Waals surface area (Å²) in [7, 11) is 0. The van der Waals surface area contributed by atoms with E-state index >= 15 is 0 Å². The zero-order valence-electron chi connectivity index (χ0n) is 37.2. The molecule has 0 radical (unpaired) electrons. The molecule has 27 atom stereocenters. The van der Waals surface area contributed by atoms with Crippen molar-refractivity contribution in [2.45, 2.75) is 215 Å². The van der Waals surface area contributed by atoms with Gasteiger partial charge in [0, 0.05) is 11.3 Å². The van der Waals surface area contributed by atoms with Gasteiger partial charge >= 0.3 is 0 Å². The molecule has 4 aliphatic carbocycles. The van der Waals surface area contributed by atoms with Crippen molar-refractivity contribution in [3.05, 3.63) is 11.6 Å². The van der Waals surface area contributed by atoms with Crippen LogP contribution in [0.1, 0.15) is 92.9 Å². The number of allylic oxidation sites excluding steroid dienone is 1. The van der Waals surface area contributed by atoms with Crippen LogP contribution >= 0.6 is 0 Å². The van der Waals surface area contributed by atoms with Gasteiger partial charge in [0.05, 0.1) is 37.6 Å². The maximum Gasteiger partial charge on any atom is 0.200 e. The summed E-state index contributed by atoms with van der Waals surface area (Å²) in [5.74, 6) is -0.592. The van der Waals surface area contributed by atoms with Gasteiger partial charge in [-0.2, -0.15) is 0 Å². The van der Waals surface area contributed by atoms with Gasteiger partial charge in [-0.1, -0.05) is 39.3 Å². The lowest BCUT2D eigenvalue weighted by Gasteiger charge is -2.60. The van der Waals surface area contributed by atoms with Gasteiger partial charge in [-0.25, -0.2) is 0 Å². The smallest absolute Gasteiger partial charge is 0.200 e. The summed E-state index contributed by atoms with van der Waals surface area (Å²) in [5.41, 5.74) is -0.518. The number of fused-ring (bicyclic) bond motifs is 7. The molecule has 3 saturated carbocycles. The third-order valence-electron chi connectivity index (χ3n) is 17.9. The van der Waals surface area contributed by atoms with E-state index in [4.69, 9.17) is 37.9 Å². The highest BCUT2D eigenvalue weighted by Gasteiger charge is 2.77. The van der Waals surface area contributed by atoms with Crippen LogP contribution in [0.5, 0.6) is 0 Å². The molecule has 0 aromatic rings. The SMILES string of the molecule is C[C@H]1CO[C@@]2(O[C@H]3C[C@H]4[C@@H]5CC=C6C[C@@H](O[C@@H]7O[C@H](CO)[C@@H](O)[C@H](O[C@@H]8O[C@@H](C)[C@H](O)[C@@H](O)[C@H]8O)[C@H]7O[C@@H]7O[C@@H](C)[C@H](O)[C@@H](O)[C@H]7O)CC[C@]6(C)[C@H]5CC[C@]4(C)[C@@]3(O)[C@@H]2C)[C@@H](O)C1. The predicted molar refractivity (Wildman–Crippen MR) is 216 cm³/mol. The molecule has 5 heterocycles. The fraction of sp³-hybridized carbons (Fsp3) is 0.956. The van der Waals surface area contributed by atoms with Gasteiger partial charge in [-0.15, -0.1) is 0 Å². The van der Waals surface area contributed by atoms with E-state index in [1.807, 2.05) is 6.92 Å². The first-order valence-electron chi connectivity index (χ1n) is 23.4. The molecule has 18 heteroatoms. The maximum atomic E-state index is 12.8. The third kappa shape index (κ3) is 7.18. The van der Waals surface area contributed by atoms with Crippen molar-refractivity contribution in [2.75, 3.05) is 13.2 Å². The molecular formula is C45H72O18. The summed E-state index contributed by atoms with van der Waals surface area (Å²) in [4.78, 5) is 0. The summed E-state index contributed by atoms with van der Waals surface area (Å²) < 4.78 is 49.9. The van der Waals surface area contributed by atoms with Crippen LogP contribution in [-0.2, 0) is 37.9 Å². The average molecular weight is 901 g/mol. The first-order valence-corrected chi connectivity index (χ1v) is 23.4. The molecule has 9 aliphatic rings. The van der Waals surface area contributed by atoms with Gasteiger partial charge in [0.25, 0.3) is 0 Å². The number of hydrogen-bond acceptors (Lipinski definition) is 18. The standard InChI is InChI=1S/C45H72O18/c1-18-13-28(47)45(56-17-18)21(4)44(55)29(63-45)15-26-24-8-7-22-14-23(9-11-42(22,5)25(24)10-12-43(26,44)6)59-41-38(62-40-36(54)34(52)31(49)20(3)58-40)37(32(50)27(16-46)60-41)61-39-35(53)33(51)30(48)19(2)57-39/h7,18-21,23-41,46-55H,8-17H2,1-6H3/t18-,19+,20+,21+,23+,24-,25+,26+,27-,28+,29+,30+,31+,32-,33-,34-,35-,36-,37+,38-,39+,40+,41-,42+,43+,44-,45+/m1/s1. The van der Waals surface area contributed by atoms with Crippen molar-refractivity contribution in [3.8, 4) is 0 Å². The highest BCUT2D eigenvalue weighted by molar-refractivity contribution is 5.29. The molecule has 9 rings (SSSR count). The van der Waals surface area contributed by atoms with Crippen LogP contribution in [0.4, 0.5) is 0 Å². The van der Waals surface area contributed by atoms with Crippen molar-refractivity contribution in [1.29, 1.82) is 0 Å². The molecule has 0 aromatic carbocycles. The number of rotatable bonds is 7. The molecule has 0 unspecified atom stereocenters. The van der Waals surface area contributed by atoms with Crippen LogP contribution in [-0.4, -0.2) is 186 Å². The Morgan fingerprint density at radius 2 is 1.33 bits per heavy atom. The first kappa shape index (κ1) is 47.1. The summed E-state index contributed by atoms with van der Waals surface area (Å²) in [6.07, 6.45) is -15.8. The number of ether oxygens (including phenoxy) is 8. The summed E-state index contributed by atoms with van der Waals surface area (Å²) >= 11 is 0. The van der Waals surface area contributed by atoms with Crippen LogP contribution < -0.4 is 0 Å². The van der Waals surface area contributed by atoms with Gasteiger partial charge < -0.3 is 89.0 Å². The molecular weight excluding hydrogens is 828 g/mol. The largest absolute Gasteiger partial charge is 0.394 e. The minimum absolute atomic E-state index is 0.167. The van der Waals surface area contributed by atoms with Gasteiger partial charge in [-0.3, -0.25) is 0 Å². The molecule has 5 saturated heterocycles. The highest BCUT2D eigenvalue weighted by atomic mass is 16.8. The molecule has 8 fully saturated rings. The predicted octanol–water partition coefficient (Wildman–Crippen LogP) is -0.673. The number of hydrogen-bond donors (Lipinski definition) is 10. The van der Waals surface area contributed by atoms with E-state index in [-0.39, 0.29) is 17.3 Å². The Morgan fingerprint density at radius 1 is 0.698 bits per heavy atom. The number of aliphatic hydroxyl groups excluding tert-OH is 9. The Bertz CT molecular complexity index is 1690. The Labute approximate surface area is 368 Å². The lowest BCUT2D eigenvalue weighted by molar-refractivity contribution is -0.393. The quantitative estimate of drug-likeness (QED) is 0.142. The van der Waals surface area contributed by atoms with Crippen LogP contribution in [0.25, 0.3) is 0 Å². The lowest BCUT2D eigenvalue weighted by Crippen LogP contribution is -2.67. The zero-order valence-corrected chi connectivity index (χ0v) is 37.2. The highest BCUT2D eigenvalue weighted by Crippen LogP contribution is 2.72. The van der Waals surface area contributed by atoms with E-state index in [0.29, 0.717) is 44.1 Å². The fourth-order valence-electron chi connectivity index (χ4n) is 14.0. The van der Waals surface area contributed by atoms with Crippen LogP contribution in [0.15, 0.2) is 11.6 Å². The molecule has 5 aliphatic heterocycles. The maximum absolute atomic E-state index is 12.8. The summed E-state index contributed by atoms with van der Waals surface area (Å²) in [5, 5.41) is 110. The van der Waals surface area contributed by atoms with Crippen molar-refractivity contribution in [3.63, 3.8) is 0 Å².